The molecule has 1 aliphatic rings. The first-order valence-electron chi connectivity index (χ1n) is 8.15. The van der Waals surface area contributed by atoms with Gasteiger partial charge in [-0.15, -0.1) is 0 Å². The third-order valence-corrected chi connectivity index (χ3v) is 4.81. The van der Waals surface area contributed by atoms with Crippen molar-refractivity contribution in [1.29, 1.82) is 0 Å². The number of aromatic nitrogens is 4. The Kier molecular flexibility index (Phi) is 4.91. The van der Waals surface area contributed by atoms with Crippen LogP contribution in [-0.4, -0.2) is 54.6 Å². The fourth-order valence-electron chi connectivity index (χ4n) is 2.65. The highest BCUT2D eigenvalue weighted by Gasteiger charge is 2.21. The first-order valence-corrected chi connectivity index (χ1v) is 10.0. The summed E-state index contributed by atoms with van der Waals surface area (Å²) in [5.41, 5.74) is 1.73. The minimum absolute atomic E-state index is 0.201. The maximum atomic E-state index is 11.2. The predicted molar refractivity (Wildman–Crippen MR) is 95.9 cm³/mol. The van der Waals surface area contributed by atoms with Gasteiger partial charge in [0.15, 0.2) is 0 Å². The van der Waals surface area contributed by atoms with Crippen LogP contribution in [0.2, 0.25) is 0 Å². The third kappa shape index (κ3) is 4.26. The lowest BCUT2D eigenvalue weighted by Crippen LogP contribution is -2.35. The zero-order valence-electron chi connectivity index (χ0n) is 14.7. The Morgan fingerprint density at radius 2 is 2.16 bits per heavy atom. The van der Waals surface area contributed by atoms with Gasteiger partial charge < -0.3 is 9.80 Å². The summed E-state index contributed by atoms with van der Waals surface area (Å²) in [6.07, 6.45) is 2.92. The Balaban J connectivity index is 1.74. The van der Waals surface area contributed by atoms with Gasteiger partial charge in [-0.05, 0) is 19.1 Å². The molecule has 0 atom stereocenters. The van der Waals surface area contributed by atoms with Crippen LogP contribution in [0.25, 0.3) is 0 Å². The lowest BCUT2D eigenvalue weighted by molar-refractivity contribution is 0.509. The van der Waals surface area contributed by atoms with E-state index in [1.165, 1.54) is 0 Å². The zero-order chi connectivity index (χ0) is 18.0. The van der Waals surface area contributed by atoms with Crippen LogP contribution in [0, 0.1) is 0 Å². The maximum Gasteiger partial charge on any atom is 0.227 e. The molecular formula is C15H23N7O2S. The minimum Gasteiger partial charge on any atom is -0.360 e. The number of hydrogen-bond acceptors (Lipinski definition) is 7. The molecule has 136 valence electrons. The van der Waals surface area contributed by atoms with Gasteiger partial charge in [0.1, 0.15) is 5.82 Å². The van der Waals surface area contributed by atoms with E-state index in [0.717, 1.165) is 30.9 Å². The van der Waals surface area contributed by atoms with Crippen molar-refractivity contribution in [2.45, 2.75) is 26.6 Å². The van der Waals surface area contributed by atoms with Crippen LogP contribution in [0.4, 0.5) is 11.8 Å². The lowest BCUT2D eigenvalue weighted by atomic mass is 10.3. The second-order valence-electron chi connectivity index (χ2n) is 6.09. The van der Waals surface area contributed by atoms with E-state index >= 15 is 0 Å². The highest BCUT2D eigenvalue weighted by Crippen LogP contribution is 2.20. The molecule has 2 aromatic rings. The van der Waals surface area contributed by atoms with Gasteiger partial charge in [0.05, 0.1) is 37.3 Å². The van der Waals surface area contributed by atoms with Gasteiger partial charge in [-0.3, -0.25) is 4.68 Å². The van der Waals surface area contributed by atoms with E-state index < -0.39 is 10.0 Å². The number of rotatable bonds is 6. The van der Waals surface area contributed by atoms with E-state index in [-0.39, 0.29) is 6.54 Å². The monoisotopic (exact) mass is 365 g/mol. The summed E-state index contributed by atoms with van der Waals surface area (Å²) >= 11 is 0. The van der Waals surface area contributed by atoms with Crippen LogP contribution >= 0.6 is 0 Å². The van der Waals surface area contributed by atoms with Crippen molar-refractivity contribution in [3.05, 3.63) is 29.7 Å². The summed E-state index contributed by atoms with van der Waals surface area (Å²) in [6.45, 7) is 5.27. The van der Waals surface area contributed by atoms with Crippen molar-refractivity contribution in [2.75, 3.05) is 36.2 Å². The van der Waals surface area contributed by atoms with Crippen molar-refractivity contribution < 1.29 is 8.42 Å². The van der Waals surface area contributed by atoms with Crippen molar-refractivity contribution >= 4 is 21.8 Å². The van der Waals surface area contributed by atoms with E-state index in [1.54, 1.807) is 6.20 Å². The quantitative estimate of drug-likeness (QED) is 0.781. The minimum atomic E-state index is -3.23. The van der Waals surface area contributed by atoms with Crippen LogP contribution in [0.15, 0.2) is 18.3 Å². The Labute approximate surface area is 147 Å². The molecule has 3 heterocycles. The van der Waals surface area contributed by atoms with Gasteiger partial charge in [0.2, 0.25) is 16.0 Å². The van der Waals surface area contributed by atoms with Crippen LogP contribution in [-0.2, 0) is 29.7 Å². The molecule has 0 aliphatic carbocycles. The second kappa shape index (κ2) is 6.96. The average Bonchev–Trinajstić information content (AvgIpc) is 3.01. The van der Waals surface area contributed by atoms with Crippen LogP contribution in [0.1, 0.15) is 18.3 Å². The van der Waals surface area contributed by atoms with Crippen molar-refractivity contribution in [3.8, 4) is 0 Å². The molecule has 0 bridgehead atoms. The number of anilines is 2. The summed E-state index contributed by atoms with van der Waals surface area (Å²) in [6, 6.07) is 3.82. The standard InChI is InChI=1S/C15H23N7O2S/c1-4-20(2)14-5-6-16-15(18-14)21-7-8-22-13(11-21)9-12(19-22)10-17-25(3,23)24/h5-6,9,17H,4,7-8,10-11H2,1-3H3. The molecule has 0 amide bonds. The van der Waals surface area contributed by atoms with Gasteiger partial charge in [-0.2, -0.15) is 10.1 Å². The van der Waals surface area contributed by atoms with Crippen LogP contribution in [0.3, 0.4) is 0 Å². The molecule has 10 heteroatoms. The average molecular weight is 365 g/mol. The molecule has 3 rings (SSSR count). The number of hydrogen-bond donors (Lipinski definition) is 1. The molecule has 2 aromatic heterocycles. The number of fused-ring (bicyclic) bond motifs is 1. The smallest absolute Gasteiger partial charge is 0.227 e. The van der Waals surface area contributed by atoms with Gasteiger partial charge >= 0.3 is 0 Å². The summed E-state index contributed by atoms with van der Waals surface area (Å²) in [7, 11) is -1.23. The third-order valence-electron chi connectivity index (χ3n) is 4.14. The topological polar surface area (TPSA) is 96.3 Å². The fraction of sp³-hybridized carbons (Fsp3) is 0.533. The normalized spacial score (nSPS) is 14.4. The van der Waals surface area contributed by atoms with Crippen LogP contribution in [0.5, 0.6) is 0 Å². The highest BCUT2D eigenvalue weighted by atomic mass is 32.2. The van der Waals surface area contributed by atoms with E-state index in [0.29, 0.717) is 24.7 Å². The number of nitrogens with one attached hydrogen (secondary N) is 1. The molecule has 1 aliphatic heterocycles. The molecule has 0 aromatic carbocycles. The second-order valence-corrected chi connectivity index (χ2v) is 7.93. The Bertz CT molecular complexity index is 849. The molecule has 9 nitrogen and oxygen atoms in total. The first-order chi connectivity index (χ1) is 11.9. The van der Waals surface area contributed by atoms with Crippen LogP contribution < -0.4 is 14.5 Å². The summed E-state index contributed by atoms with van der Waals surface area (Å²) in [4.78, 5) is 13.2. The fourth-order valence-corrected chi connectivity index (χ4v) is 3.06. The van der Waals surface area contributed by atoms with Gasteiger partial charge in [-0.1, -0.05) is 0 Å². The van der Waals surface area contributed by atoms with Gasteiger partial charge in [0, 0.05) is 26.3 Å². The SMILES string of the molecule is CCN(C)c1ccnc(N2CCn3nc(CNS(C)(=O)=O)cc3C2)n1. The predicted octanol–water partition coefficient (Wildman–Crippen LogP) is 0.199. The van der Waals surface area contributed by atoms with Gasteiger partial charge in [0.25, 0.3) is 0 Å². The summed E-state index contributed by atoms with van der Waals surface area (Å²) in [5.74, 6) is 1.59. The maximum absolute atomic E-state index is 11.2. The molecule has 0 fully saturated rings. The molecule has 0 spiro atoms. The molecule has 0 saturated heterocycles. The summed E-state index contributed by atoms with van der Waals surface area (Å²) < 4.78 is 26.8. The van der Waals surface area contributed by atoms with E-state index in [9.17, 15) is 8.42 Å². The first kappa shape index (κ1) is 17.6. The van der Waals surface area contributed by atoms with Crippen molar-refractivity contribution in [1.82, 2.24) is 24.5 Å². The molecule has 0 saturated carbocycles. The van der Waals surface area contributed by atoms with Crippen molar-refractivity contribution in [2.24, 2.45) is 0 Å². The highest BCUT2D eigenvalue weighted by molar-refractivity contribution is 7.88. The molecule has 1 N–H and O–H groups in total. The van der Waals surface area contributed by atoms with Gasteiger partial charge in [-0.25, -0.2) is 18.1 Å². The lowest BCUT2D eigenvalue weighted by Gasteiger charge is -2.28. The Morgan fingerprint density at radius 1 is 1.36 bits per heavy atom. The molecule has 25 heavy (non-hydrogen) atoms. The Morgan fingerprint density at radius 3 is 2.88 bits per heavy atom. The summed E-state index contributed by atoms with van der Waals surface area (Å²) in [5, 5.41) is 4.46. The number of sulfonamides is 1. The van der Waals surface area contributed by atoms with E-state index in [1.807, 2.05) is 23.9 Å². The van der Waals surface area contributed by atoms with E-state index in [2.05, 4.69) is 36.5 Å². The van der Waals surface area contributed by atoms with Crippen molar-refractivity contribution in [3.63, 3.8) is 0 Å². The molecular weight excluding hydrogens is 342 g/mol. The Hall–Kier alpha value is -2.20. The van der Waals surface area contributed by atoms with E-state index in [4.69, 9.17) is 0 Å². The molecule has 0 radical (unpaired) electrons. The zero-order valence-corrected chi connectivity index (χ0v) is 15.5. The largest absolute Gasteiger partial charge is 0.360 e. The number of nitrogens with zero attached hydrogens (tertiary/aromatic N) is 6. The molecule has 0 unspecified atom stereocenters.